The fourth-order valence-electron chi connectivity index (χ4n) is 6.45. The van der Waals surface area contributed by atoms with Crippen LogP contribution in [0.25, 0.3) is 16.7 Å². The number of piperidine rings is 1. The molecular formula is C31H41FN6O5S. The lowest BCUT2D eigenvalue weighted by Gasteiger charge is -2.43. The van der Waals surface area contributed by atoms with Crippen molar-refractivity contribution in [3.8, 4) is 5.69 Å². The maximum atomic E-state index is 13.9. The van der Waals surface area contributed by atoms with Gasteiger partial charge in [0.15, 0.2) is 11.4 Å². The van der Waals surface area contributed by atoms with Crippen LogP contribution in [0.1, 0.15) is 54.2 Å². The lowest BCUT2D eigenvalue weighted by atomic mass is 9.82. The van der Waals surface area contributed by atoms with Crippen molar-refractivity contribution in [3.05, 3.63) is 47.5 Å². The third kappa shape index (κ3) is 6.25. The Morgan fingerprint density at radius 3 is 2.48 bits per heavy atom. The van der Waals surface area contributed by atoms with Gasteiger partial charge in [-0.3, -0.25) is 9.69 Å². The van der Waals surface area contributed by atoms with Crippen molar-refractivity contribution < 1.29 is 27.1 Å². The second kappa shape index (κ2) is 12.8. The Labute approximate surface area is 258 Å². The largest absolute Gasteiger partial charge is 0.382 e. The highest BCUT2D eigenvalue weighted by Crippen LogP contribution is 2.43. The number of rotatable bonds is 10. The molecule has 0 amide bonds. The van der Waals surface area contributed by atoms with Gasteiger partial charge in [-0.1, -0.05) is 6.42 Å². The molecule has 3 fully saturated rings. The molecule has 0 bridgehead atoms. The number of halogens is 1. The number of pyridine rings is 1. The second-order valence-corrected chi connectivity index (χ2v) is 14.4. The molecule has 0 spiro atoms. The third-order valence-electron chi connectivity index (χ3n) is 9.21. The monoisotopic (exact) mass is 628 g/mol. The number of methoxy groups -OCH3 is 1. The number of hydrogen-bond donors (Lipinski definition) is 0. The molecule has 0 N–H and O–H groups in total. The lowest BCUT2D eigenvalue weighted by molar-refractivity contribution is -0.0740. The summed E-state index contributed by atoms with van der Waals surface area (Å²) in [6.07, 6.45) is 5.09. The maximum absolute atomic E-state index is 13.9. The molecule has 2 aliphatic heterocycles. The number of hydrogen-bond acceptors (Lipinski definition) is 9. The molecule has 1 saturated carbocycles. The van der Waals surface area contributed by atoms with Crippen LogP contribution in [0.2, 0.25) is 0 Å². The summed E-state index contributed by atoms with van der Waals surface area (Å²) in [4.78, 5) is 23.0. The van der Waals surface area contributed by atoms with Crippen LogP contribution < -0.4 is 4.90 Å². The van der Waals surface area contributed by atoms with Crippen LogP contribution in [0.5, 0.6) is 0 Å². The zero-order chi connectivity index (χ0) is 31.0. The molecule has 1 unspecified atom stereocenters. The number of fused-ring (bicyclic) bond motifs is 1. The zero-order valence-corrected chi connectivity index (χ0v) is 26.4. The summed E-state index contributed by atoms with van der Waals surface area (Å²) >= 11 is 0. The van der Waals surface area contributed by atoms with Crippen LogP contribution in [0, 0.1) is 5.82 Å². The number of carbonyl (C=O) groups is 1. The molecule has 238 valence electrons. The van der Waals surface area contributed by atoms with Crippen LogP contribution >= 0.6 is 0 Å². The summed E-state index contributed by atoms with van der Waals surface area (Å²) in [6, 6.07) is 8.20. The van der Waals surface area contributed by atoms with E-state index in [-0.39, 0.29) is 23.5 Å². The average Bonchev–Trinajstić information content (AvgIpc) is 3.35. The molecule has 1 aromatic carbocycles. The SMILES string of the molecule is COCC1CN(C2CCN(c3cc(C(=O)CS(=O)(=O)N(C)C)nc4c3c(C3CCC3)nn4-c3ccc(F)cc3)CC2)CCO1. The first-order chi connectivity index (χ1) is 21.1. The molecular weight excluding hydrogens is 587 g/mol. The number of ketones is 1. The third-order valence-corrected chi connectivity index (χ3v) is 10.9. The van der Waals surface area contributed by atoms with Gasteiger partial charge < -0.3 is 14.4 Å². The van der Waals surface area contributed by atoms with E-state index >= 15 is 0 Å². The quantitative estimate of drug-likeness (QED) is 0.313. The molecule has 2 saturated heterocycles. The molecule has 1 aliphatic carbocycles. The molecule has 11 nitrogen and oxygen atoms in total. The number of carbonyl (C=O) groups excluding carboxylic acids is 1. The highest BCUT2D eigenvalue weighted by molar-refractivity contribution is 7.89. The molecule has 1 atom stereocenters. The minimum absolute atomic E-state index is 0.0703. The summed E-state index contributed by atoms with van der Waals surface area (Å²) in [5.74, 6) is -1.36. The van der Waals surface area contributed by atoms with Gasteiger partial charge in [0.1, 0.15) is 17.3 Å². The van der Waals surface area contributed by atoms with Gasteiger partial charge in [-0.2, -0.15) is 5.10 Å². The Kier molecular flexibility index (Phi) is 9.02. The van der Waals surface area contributed by atoms with Gasteiger partial charge in [-0.25, -0.2) is 26.8 Å². The van der Waals surface area contributed by atoms with Crippen molar-refractivity contribution >= 4 is 32.5 Å². The number of ether oxygens (including phenoxy) is 2. The van der Waals surface area contributed by atoms with Gasteiger partial charge in [-0.15, -0.1) is 0 Å². The highest BCUT2D eigenvalue weighted by atomic mass is 32.2. The van der Waals surface area contributed by atoms with E-state index < -0.39 is 21.6 Å². The van der Waals surface area contributed by atoms with Crippen molar-refractivity contribution in [3.63, 3.8) is 0 Å². The summed E-state index contributed by atoms with van der Waals surface area (Å²) in [6.45, 7) is 4.53. The standard InChI is InChI=1S/C31H41FN6O5S/c1-35(2)44(40,41)20-28(39)26-17-27(36-13-11-23(12-14-36)37-15-16-43-25(18-37)19-42-3)29-30(21-5-4-6-21)34-38(31(29)33-26)24-9-7-22(32)8-10-24/h7-10,17,21,23,25H,4-6,11-16,18-20H2,1-3H3. The number of sulfonamides is 1. The van der Waals surface area contributed by atoms with E-state index in [0.29, 0.717) is 30.6 Å². The number of benzene rings is 1. The van der Waals surface area contributed by atoms with Crippen LogP contribution in [0.4, 0.5) is 10.1 Å². The topological polar surface area (TPSA) is 110 Å². The van der Waals surface area contributed by atoms with Crippen molar-refractivity contribution in [2.24, 2.45) is 0 Å². The van der Waals surface area contributed by atoms with Crippen molar-refractivity contribution in [1.82, 2.24) is 24.0 Å². The summed E-state index contributed by atoms with van der Waals surface area (Å²) in [7, 11) is 0.726. The summed E-state index contributed by atoms with van der Waals surface area (Å²) < 4.78 is 53.1. The molecule has 4 heterocycles. The predicted molar refractivity (Wildman–Crippen MR) is 166 cm³/mol. The first-order valence-electron chi connectivity index (χ1n) is 15.4. The first kappa shape index (κ1) is 31.0. The van der Waals surface area contributed by atoms with Gasteiger partial charge in [0, 0.05) is 59.3 Å². The smallest absolute Gasteiger partial charge is 0.221 e. The first-order valence-corrected chi connectivity index (χ1v) is 17.0. The number of aromatic nitrogens is 3. The predicted octanol–water partition coefficient (Wildman–Crippen LogP) is 3.22. The van der Waals surface area contributed by atoms with Crippen LogP contribution in [-0.4, -0.2) is 117 Å². The minimum Gasteiger partial charge on any atom is -0.382 e. The van der Waals surface area contributed by atoms with Gasteiger partial charge in [0.2, 0.25) is 10.0 Å². The number of morpholine rings is 1. The molecule has 44 heavy (non-hydrogen) atoms. The molecule has 0 radical (unpaired) electrons. The van der Waals surface area contributed by atoms with Crippen molar-refractivity contribution in [1.29, 1.82) is 0 Å². The number of anilines is 1. The van der Waals surface area contributed by atoms with Crippen LogP contribution in [0.15, 0.2) is 30.3 Å². The summed E-state index contributed by atoms with van der Waals surface area (Å²) in [5, 5.41) is 5.90. The van der Waals surface area contributed by atoms with E-state index in [4.69, 9.17) is 19.6 Å². The normalized spacial score (nSPS) is 20.8. The Morgan fingerprint density at radius 1 is 1.11 bits per heavy atom. The Bertz CT molecular complexity index is 1600. The molecule has 13 heteroatoms. The minimum atomic E-state index is -3.79. The molecule has 3 aliphatic rings. The average molecular weight is 629 g/mol. The summed E-state index contributed by atoms with van der Waals surface area (Å²) in [5.41, 5.74) is 2.98. The molecule has 3 aromatic rings. The fraction of sp³-hybridized carbons (Fsp3) is 0.581. The van der Waals surface area contributed by atoms with Crippen molar-refractivity contribution in [2.75, 3.05) is 71.3 Å². The highest BCUT2D eigenvalue weighted by Gasteiger charge is 2.34. The van der Waals surface area contributed by atoms with E-state index in [9.17, 15) is 17.6 Å². The van der Waals surface area contributed by atoms with E-state index in [1.165, 1.54) is 26.2 Å². The van der Waals surface area contributed by atoms with E-state index in [1.54, 1.807) is 30.0 Å². The van der Waals surface area contributed by atoms with E-state index in [1.807, 2.05) is 0 Å². The maximum Gasteiger partial charge on any atom is 0.221 e. The van der Waals surface area contributed by atoms with Crippen LogP contribution in [-0.2, 0) is 19.5 Å². The van der Waals surface area contributed by atoms with Gasteiger partial charge in [-0.05, 0) is 56.0 Å². The van der Waals surface area contributed by atoms with Gasteiger partial charge >= 0.3 is 0 Å². The Morgan fingerprint density at radius 2 is 1.84 bits per heavy atom. The molecule has 2 aromatic heterocycles. The second-order valence-electron chi connectivity index (χ2n) is 12.2. The van der Waals surface area contributed by atoms with E-state index in [0.717, 1.165) is 79.4 Å². The van der Waals surface area contributed by atoms with Crippen molar-refractivity contribution in [2.45, 2.75) is 50.2 Å². The number of nitrogens with zero attached hydrogens (tertiary/aromatic N) is 6. The van der Waals surface area contributed by atoms with Crippen LogP contribution in [0.3, 0.4) is 0 Å². The van der Waals surface area contributed by atoms with Gasteiger partial charge in [0.25, 0.3) is 0 Å². The number of Topliss-reactive ketones (excluding diaryl/α,β-unsaturated/α-hetero) is 1. The fourth-order valence-corrected chi connectivity index (χ4v) is 7.18. The molecule has 6 rings (SSSR count). The van der Waals surface area contributed by atoms with Gasteiger partial charge in [0.05, 0.1) is 41.8 Å². The Hall–Kier alpha value is -2.97. The Balaban J connectivity index is 1.39. The zero-order valence-electron chi connectivity index (χ0n) is 25.6. The lowest BCUT2D eigenvalue weighted by Crippen LogP contribution is -2.52. The van der Waals surface area contributed by atoms with E-state index in [2.05, 4.69) is 9.80 Å².